The Morgan fingerprint density at radius 3 is 1.16 bits per heavy atom. The molecular weight excluding hydrogens is 1000 g/mol. The van der Waals surface area contributed by atoms with Gasteiger partial charge in [-0.05, 0) is 0 Å². The smallest absolute Gasteiger partial charge is 0.217 e. The van der Waals surface area contributed by atoms with Crippen LogP contribution in [0.3, 0.4) is 0 Å². The molecule has 0 aliphatic carbocycles. The molecule has 33 nitrogen and oxygen atoms in total. The molecular formula is C40H68N2O31. The van der Waals surface area contributed by atoms with E-state index in [0.29, 0.717) is 0 Å². The van der Waals surface area contributed by atoms with Gasteiger partial charge in [-0.1, -0.05) is 0 Å². The van der Waals surface area contributed by atoms with Crippen LogP contribution in [0.15, 0.2) is 0 Å². The quantitative estimate of drug-likeness (QED) is 0.0606. The van der Waals surface area contributed by atoms with Gasteiger partial charge in [0.2, 0.25) is 11.8 Å². The molecule has 6 aliphatic rings. The molecule has 30 atom stereocenters. The lowest BCUT2D eigenvalue weighted by molar-refractivity contribution is -0.402. The lowest BCUT2D eigenvalue weighted by atomic mass is 9.93. The first kappa shape index (κ1) is 60.0. The van der Waals surface area contributed by atoms with Crippen LogP contribution in [0.2, 0.25) is 0 Å². The molecule has 33 heteroatoms. The number of carbonyl (C=O) groups is 2. The van der Waals surface area contributed by atoms with Crippen LogP contribution in [-0.4, -0.2) is 327 Å². The van der Waals surface area contributed by atoms with Gasteiger partial charge in [-0.25, -0.2) is 0 Å². The third-order valence-electron chi connectivity index (χ3n) is 13.2. The second-order valence-electron chi connectivity index (χ2n) is 18.3. The summed E-state index contributed by atoms with van der Waals surface area (Å²) >= 11 is 0. The number of aliphatic hydroxyl groups excluding tert-OH is 18. The topological polar surface area (TPSA) is 524 Å². The monoisotopic (exact) mass is 1070 g/mol. The van der Waals surface area contributed by atoms with Gasteiger partial charge in [-0.15, -0.1) is 0 Å². The maximum Gasteiger partial charge on any atom is 0.217 e. The predicted octanol–water partition coefficient (Wildman–Crippen LogP) is -13.8. The SMILES string of the molecule is CC(=O)N[C@H]1[C@H](O[C@H]2[C@H](O)[C@@H](NC(C)=O)C(O)O[C@@H]2CO)O[C@H](CO)[C@@H](O[C@@H]2O[C@H](CO[C@H]3O[C@H](CO)[C@@H](O)[C@H](O)[C@@H]3O)[C@@H](O[C@@H]3O[C@H](CO)[C@H](O)[C@H](O)[C@H]3O)[C@H](O[C@H]3O[C@H](CO)[C@@H](O)[C@H](O)[C@@H]3O)[C@@H]2O)[C@@H]1O. The molecule has 0 bridgehead atoms. The van der Waals surface area contributed by atoms with Gasteiger partial charge < -0.3 is 155 Å². The Kier molecular flexibility index (Phi) is 21.3. The van der Waals surface area contributed by atoms with Crippen LogP contribution in [0.1, 0.15) is 13.8 Å². The van der Waals surface area contributed by atoms with Gasteiger partial charge in [0.25, 0.3) is 0 Å². The van der Waals surface area contributed by atoms with Crippen LogP contribution >= 0.6 is 0 Å². The first-order valence-electron chi connectivity index (χ1n) is 23.1. The molecule has 1 unspecified atom stereocenters. The number of ether oxygens (including phenoxy) is 11. The summed E-state index contributed by atoms with van der Waals surface area (Å²) in [7, 11) is 0. The fourth-order valence-corrected chi connectivity index (χ4v) is 9.21. The van der Waals surface area contributed by atoms with Gasteiger partial charge in [0, 0.05) is 13.8 Å². The molecule has 0 radical (unpaired) electrons. The van der Waals surface area contributed by atoms with Crippen molar-refractivity contribution in [2.45, 2.75) is 198 Å². The van der Waals surface area contributed by atoms with E-state index >= 15 is 0 Å². The van der Waals surface area contributed by atoms with Gasteiger partial charge in [0.05, 0.1) is 39.6 Å². The fourth-order valence-electron chi connectivity index (χ4n) is 9.21. The molecule has 20 N–H and O–H groups in total. The van der Waals surface area contributed by atoms with Gasteiger partial charge in [-0.3, -0.25) is 9.59 Å². The van der Waals surface area contributed by atoms with Crippen LogP contribution in [0.5, 0.6) is 0 Å². The average molecular weight is 1070 g/mol. The summed E-state index contributed by atoms with van der Waals surface area (Å²) < 4.78 is 63.7. The highest BCUT2D eigenvalue weighted by atomic mass is 16.8. The van der Waals surface area contributed by atoms with Gasteiger partial charge in [0.15, 0.2) is 37.7 Å². The number of aliphatic hydroxyl groups is 18. The van der Waals surface area contributed by atoms with E-state index in [9.17, 15) is 102 Å². The van der Waals surface area contributed by atoms with Crippen LogP contribution in [0.4, 0.5) is 0 Å². The summed E-state index contributed by atoms with van der Waals surface area (Å²) in [6.45, 7) is -3.80. The van der Waals surface area contributed by atoms with Gasteiger partial charge >= 0.3 is 0 Å². The zero-order valence-electron chi connectivity index (χ0n) is 38.9. The third kappa shape index (κ3) is 13.0. The molecule has 0 saturated carbocycles. The van der Waals surface area contributed by atoms with Crippen molar-refractivity contribution in [1.82, 2.24) is 10.6 Å². The molecule has 0 aromatic rings. The third-order valence-corrected chi connectivity index (χ3v) is 13.2. The standard InChI is InChI=1S/C40H68N2O31/c1-9(48)41-17-22(53)31(14(6-46)64-35(17)62)70-36-18(42-10(2)49)23(54)32(15(7-47)68-36)71-40-30(61)34(73-39-29(60)26(57)21(52)13(5-45)67-39)33(72-38-28(59)25(56)20(51)12(4-44)66-38)16(69-40)8-63-37-27(58)24(55)19(50)11(3-43)65-37/h11-40,43-47,50-62H,3-8H2,1-2H3,(H,41,48)(H,42,49)/t11-,12-,13-,14-,15-,16-,17-,18-,19-,20+,21-,22-,23-,24+,25+,26+,27+,28-,29+,30+,31-,32-,33-,34-,35?,36+,37+,38+,39-,40+/m1/s1. The van der Waals surface area contributed by atoms with E-state index in [1.54, 1.807) is 0 Å². The summed E-state index contributed by atoms with van der Waals surface area (Å²) in [4.78, 5) is 24.5. The number of hydrogen-bond acceptors (Lipinski definition) is 31. The molecule has 73 heavy (non-hydrogen) atoms. The zero-order chi connectivity index (χ0) is 53.9. The maximum absolute atomic E-state index is 12.6. The van der Waals surface area contributed by atoms with Gasteiger partial charge in [-0.2, -0.15) is 0 Å². The van der Waals surface area contributed by atoms with E-state index in [1.165, 1.54) is 0 Å². The number of nitrogens with one attached hydrogen (secondary N) is 2. The van der Waals surface area contributed by atoms with Crippen molar-refractivity contribution in [3.05, 3.63) is 0 Å². The number of hydrogen-bond donors (Lipinski definition) is 20. The molecule has 0 aromatic carbocycles. The molecule has 6 rings (SSSR count). The summed E-state index contributed by atoms with van der Waals surface area (Å²) in [5, 5.41) is 197. The highest BCUT2D eigenvalue weighted by Gasteiger charge is 2.58. The van der Waals surface area contributed by atoms with Crippen molar-refractivity contribution >= 4 is 11.8 Å². The van der Waals surface area contributed by atoms with E-state index in [4.69, 9.17) is 52.1 Å². The molecule has 2 amide bonds. The van der Waals surface area contributed by atoms with Crippen molar-refractivity contribution in [3.63, 3.8) is 0 Å². The lowest BCUT2D eigenvalue weighted by Gasteiger charge is -2.51. The second kappa shape index (κ2) is 26.0. The highest BCUT2D eigenvalue weighted by molar-refractivity contribution is 5.73. The van der Waals surface area contributed by atoms with E-state index in [1.807, 2.05) is 0 Å². The van der Waals surface area contributed by atoms with Crippen LogP contribution in [0.25, 0.3) is 0 Å². The number of rotatable bonds is 18. The van der Waals surface area contributed by atoms with E-state index in [-0.39, 0.29) is 0 Å². The average Bonchev–Trinajstić information content (AvgIpc) is 3.36. The Morgan fingerprint density at radius 1 is 0.356 bits per heavy atom. The summed E-state index contributed by atoms with van der Waals surface area (Å²) in [5.41, 5.74) is 0. The summed E-state index contributed by atoms with van der Waals surface area (Å²) in [6.07, 6.45) is -54.9. The molecule has 424 valence electrons. The van der Waals surface area contributed by atoms with Crippen LogP contribution in [0, 0.1) is 0 Å². The molecule has 6 fully saturated rings. The van der Waals surface area contributed by atoms with Crippen molar-refractivity contribution < 1.29 is 154 Å². The maximum atomic E-state index is 12.6. The minimum atomic E-state index is -2.37. The van der Waals surface area contributed by atoms with Crippen LogP contribution < -0.4 is 10.6 Å². The van der Waals surface area contributed by atoms with Crippen molar-refractivity contribution in [1.29, 1.82) is 0 Å². The van der Waals surface area contributed by atoms with Crippen molar-refractivity contribution in [2.24, 2.45) is 0 Å². The summed E-state index contributed by atoms with van der Waals surface area (Å²) in [6, 6.07) is -3.34. The predicted molar refractivity (Wildman–Crippen MR) is 222 cm³/mol. The fraction of sp³-hybridized carbons (Fsp3) is 0.950. The first-order chi connectivity index (χ1) is 34.5. The Balaban J connectivity index is 1.37. The molecule has 0 aromatic heterocycles. The van der Waals surface area contributed by atoms with E-state index in [0.717, 1.165) is 13.8 Å². The van der Waals surface area contributed by atoms with E-state index in [2.05, 4.69) is 10.6 Å². The van der Waals surface area contributed by atoms with E-state index < -0.39 is 236 Å². The first-order valence-corrected chi connectivity index (χ1v) is 23.1. The normalized spacial score (nSPS) is 49.8. The lowest BCUT2D eigenvalue weighted by Crippen LogP contribution is -2.71. The molecule has 0 spiro atoms. The number of carbonyl (C=O) groups excluding carboxylic acids is 2. The molecule has 6 aliphatic heterocycles. The van der Waals surface area contributed by atoms with Crippen molar-refractivity contribution in [3.8, 4) is 0 Å². The summed E-state index contributed by atoms with van der Waals surface area (Å²) in [5.74, 6) is -1.58. The minimum absolute atomic E-state index is 0.726. The largest absolute Gasteiger partial charge is 0.394 e. The minimum Gasteiger partial charge on any atom is -0.394 e. The highest BCUT2D eigenvalue weighted by Crippen LogP contribution is 2.37. The Hall–Kier alpha value is -2.22. The zero-order valence-corrected chi connectivity index (χ0v) is 38.9. The number of amides is 2. The Labute approximate surface area is 413 Å². The molecule has 6 heterocycles. The second-order valence-corrected chi connectivity index (χ2v) is 18.3. The Morgan fingerprint density at radius 2 is 0.699 bits per heavy atom. The van der Waals surface area contributed by atoms with Gasteiger partial charge in [0.1, 0.15) is 146 Å². The Bertz CT molecular complexity index is 1740. The van der Waals surface area contributed by atoms with Crippen molar-refractivity contribution in [2.75, 3.05) is 39.6 Å². The molecule has 6 saturated heterocycles. The van der Waals surface area contributed by atoms with Crippen LogP contribution in [-0.2, 0) is 61.7 Å².